The number of nitro groups is 1. The first-order valence-electron chi connectivity index (χ1n) is 4.99. The van der Waals surface area contributed by atoms with E-state index in [4.69, 9.17) is 9.47 Å². The Morgan fingerprint density at radius 1 is 1.17 bits per heavy atom. The molecule has 0 bridgehead atoms. The fourth-order valence-corrected chi connectivity index (χ4v) is 1.31. The summed E-state index contributed by atoms with van der Waals surface area (Å²) in [4.78, 5) is 32.4. The molecule has 0 radical (unpaired) electrons. The molecule has 0 saturated heterocycles. The van der Waals surface area contributed by atoms with Crippen LogP contribution in [0.5, 0.6) is 0 Å². The molecule has 0 rings (SSSR count). The number of carbonyl (C=O) groups is 2. The summed E-state index contributed by atoms with van der Waals surface area (Å²) in [5, 5.41) is 11.0. The minimum atomic E-state index is -1.60. The van der Waals surface area contributed by atoms with Crippen molar-refractivity contribution in [3.05, 3.63) is 10.1 Å². The molecule has 0 aromatic heterocycles. The number of hydrogen-bond acceptors (Lipinski definition) is 6. The number of halogens is 2. The van der Waals surface area contributed by atoms with E-state index >= 15 is 0 Å². The predicted octanol–water partition coefficient (Wildman–Crippen LogP) is 1.29. The average Bonchev–Trinajstić information content (AvgIpc) is 2.38. The normalized spacial score (nSPS) is 10.8. The number of nitrogens with zero attached hydrogens (tertiary/aromatic N) is 1. The Labute approximate surface area is 121 Å². The van der Waals surface area contributed by atoms with Crippen LogP contribution in [0.2, 0.25) is 0 Å². The van der Waals surface area contributed by atoms with Crippen LogP contribution < -0.4 is 0 Å². The Morgan fingerprint density at radius 3 is 1.78 bits per heavy atom. The van der Waals surface area contributed by atoms with Gasteiger partial charge in [0.2, 0.25) is 0 Å². The number of carbonyl (C=O) groups excluding carboxylic acids is 2. The lowest BCUT2D eigenvalue weighted by molar-refractivity contribution is -0.577. The Bertz CT molecular complexity index is 302. The molecule has 0 aliphatic rings. The predicted molar refractivity (Wildman–Crippen MR) is 69.5 cm³/mol. The molecular formula is C9H13Br2NO6. The molecule has 0 aliphatic carbocycles. The molecule has 0 aromatic carbocycles. The third-order valence-electron chi connectivity index (χ3n) is 2.27. The Balaban J connectivity index is 4.66. The highest BCUT2D eigenvalue weighted by Crippen LogP contribution is 2.17. The zero-order valence-corrected chi connectivity index (χ0v) is 12.9. The van der Waals surface area contributed by atoms with Crippen LogP contribution in [0.3, 0.4) is 0 Å². The maximum atomic E-state index is 11.1. The van der Waals surface area contributed by atoms with E-state index in [-0.39, 0.29) is 17.1 Å². The minimum absolute atomic E-state index is 0.0499. The second-order valence-corrected chi connectivity index (χ2v) is 4.55. The van der Waals surface area contributed by atoms with Gasteiger partial charge >= 0.3 is 11.9 Å². The molecule has 9 heteroatoms. The third-order valence-corrected chi connectivity index (χ3v) is 3.18. The zero-order chi connectivity index (χ0) is 14.2. The molecule has 18 heavy (non-hydrogen) atoms. The van der Waals surface area contributed by atoms with E-state index in [0.29, 0.717) is 0 Å². The Kier molecular flexibility index (Phi) is 8.08. The molecule has 0 amide bonds. The first-order valence-corrected chi connectivity index (χ1v) is 7.23. The van der Waals surface area contributed by atoms with Crippen LogP contribution in [-0.2, 0) is 19.1 Å². The zero-order valence-electron chi connectivity index (χ0n) is 9.69. The quantitative estimate of drug-likeness (QED) is 0.268. The SMILES string of the molecule is CCC(COC(=O)CBr)(COC(=O)CBr)[N+](=O)[O-]. The second-order valence-electron chi connectivity index (χ2n) is 3.42. The van der Waals surface area contributed by atoms with Gasteiger partial charge in [0.05, 0.1) is 0 Å². The van der Waals surface area contributed by atoms with Gasteiger partial charge in [0.15, 0.2) is 13.2 Å². The number of rotatable bonds is 8. The van der Waals surface area contributed by atoms with Gasteiger partial charge < -0.3 is 9.47 Å². The summed E-state index contributed by atoms with van der Waals surface area (Å²) >= 11 is 5.76. The van der Waals surface area contributed by atoms with Gasteiger partial charge in [0, 0.05) is 11.3 Å². The number of esters is 2. The van der Waals surface area contributed by atoms with Gasteiger partial charge in [0.1, 0.15) is 10.7 Å². The van der Waals surface area contributed by atoms with E-state index in [9.17, 15) is 19.7 Å². The molecular weight excluding hydrogens is 378 g/mol. The lowest BCUT2D eigenvalue weighted by Gasteiger charge is -2.22. The Morgan fingerprint density at radius 2 is 1.56 bits per heavy atom. The van der Waals surface area contributed by atoms with Crippen molar-refractivity contribution < 1.29 is 24.0 Å². The molecule has 0 atom stereocenters. The van der Waals surface area contributed by atoms with Crippen molar-refractivity contribution in [2.75, 3.05) is 23.9 Å². The highest BCUT2D eigenvalue weighted by molar-refractivity contribution is 9.09. The molecule has 104 valence electrons. The first kappa shape index (κ1) is 17.3. The van der Waals surface area contributed by atoms with Crippen LogP contribution in [0.15, 0.2) is 0 Å². The largest absolute Gasteiger partial charge is 0.457 e. The highest BCUT2D eigenvalue weighted by Gasteiger charge is 2.44. The van der Waals surface area contributed by atoms with Gasteiger partial charge in [-0.1, -0.05) is 38.8 Å². The molecule has 0 unspecified atom stereocenters. The van der Waals surface area contributed by atoms with Crippen LogP contribution in [0.1, 0.15) is 13.3 Å². The lowest BCUT2D eigenvalue weighted by Crippen LogP contribution is -2.48. The molecule has 7 nitrogen and oxygen atoms in total. The standard InChI is InChI=1S/C9H13Br2NO6/c1-2-9(12(15)16,5-17-7(13)3-10)6-18-8(14)4-11/h2-6H2,1H3. The van der Waals surface area contributed by atoms with E-state index in [1.54, 1.807) is 6.92 Å². The van der Waals surface area contributed by atoms with E-state index in [1.165, 1.54) is 0 Å². The fourth-order valence-electron chi connectivity index (χ4n) is 0.987. The van der Waals surface area contributed by atoms with Crippen LogP contribution >= 0.6 is 31.9 Å². The van der Waals surface area contributed by atoms with Crippen molar-refractivity contribution in [3.8, 4) is 0 Å². The summed E-state index contributed by atoms with van der Waals surface area (Å²) in [6.07, 6.45) is 0.0745. The topological polar surface area (TPSA) is 95.7 Å². The third kappa shape index (κ3) is 5.30. The van der Waals surface area contributed by atoms with Crippen molar-refractivity contribution in [2.24, 2.45) is 0 Å². The second kappa shape index (κ2) is 8.41. The van der Waals surface area contributed by atoms with Gasteiger partial charge in [-0.25, -0.2) is 0 Å². The summed E-state index contributed by atoms with van der Waals surface area (Å²) in [5.74, 6) is -1.22. The molecule has 0 N–H and O–H groups in total. The van der Waals surface area contributed by atoms with Gasteiger partial charge in [-0.05, 0) is 0 Å². The van der Waals surface area contributed by atoms with E-state index in [1.807, 2.05) is 0 Å². The Hall–Kier alpha value is -0.700. The van der Waals surface area contributed by atoms with Crippen molar-refractivity contribution >= 4 is 43.8 Å². The van der Waals surface area contributed by atoms with Gasteiger partial charge in [-0.15, -0.1) is 0 Å². The van der Waals surface area contributed by atoms with E-state index in [0.717, 1.165) is 0 Å². The number of hydrogen-bond donors (Lipinski definition) is 0. The summed E-state index contributed by atoms with van der Waals surface area (Å²) in [6, 6.07) is 0. The van der Waals surface area contributed by atoms with Crippen molar-refractivity contribution in [1.29, 1.82) is 0 Å². The highest BCUT2D eigenvalue weighted by atomic mass is 79.9. The smallest absolute Gasteiger partial charge is 0.316 e. The molecule has 0 fully saturated rings. The first-order chi connectivity index (χ1) is 8.41. The van der Waals surface area contributed by atoms with Crippen LogP contribution in [-0.4, -0.2) is 46.3 Å². The van der Waals surface area contributed by atoms with Gasteiger partial charge in [0.25, 0.3) is 5.54 Å². The van der Waals surface area contributed by atoms with Crippen molar-refractivity contribution in [1.82, 2.24) is 0 Å². The van der Waals surface area contributed by atoms with Gasteiger partial charge in [-0.3, -0.25) is 19.7 Å². The van der Waals surface area contributed by atoms with E-state index < -0.39 is 35.6 Å². The average molecular weight is 391 g/mol. The lowest BCUT2D eigenvalue weighted by atomic mass is 10.00. The number of alkyl halides is 2. The summed E-state index contributed by atoms with van der Waals surface area (Å²) in [7, 11) is 0. The van der Waals surface area contributed by atoms with Gasteiger partial charge in [-0.2, -0.15) is 0 Å². The molecule has 0 saturated carbocycles. The maximum Gasteiger partial charge on any atom is 0.316 e. The van der Waals surface area contributed by atoms with Crippen LogP contribution in [0, 0.1) is 10.1 Å². The fraction of sp³-hybridized carbons (Fsp3) is 0.778. The molecule has 0 heterocycles. The van der Waals surface area contributed by atoms with Crippen molar-refractivity contribution in [2.45, 2.75) is 18.9 Å². The maximum absolute atomic E-state index is 11.1. The molecule has 0 aliphatic heterocycles. The summed E-state index contributed by atoms with van der Waals surface area (Å²) < 4.78 is 9.49. The monoisotopic (exact) mass is 389 g/mol. The van der Waals surface area contributed by atoms with Crippen molar-refractivity contribution in [3.63, 3.8) is 0 Å². The minimum Gasteiger partial charge on any atom is -0.457 e. The van der Waals surface area contributed by atoms with E-state index in [2.05, 4.69) is 31.9 Å². The summed E-state index contributed by atoms with van der Waals surface area (Å²) in [5.41, 5.74) is -1.60. The molecule has 0 aromatic rings. The van der Waals surface area contributed by atoms with Crippen LogP contribution in [0.25, 0.3) is 0 Å². The van der Waals surface area contributed by atoms with Crippen LogP contribution in [0.4, 0.5) is 0 Å². The summed E-state index contributed by atoms with van der Waals surface area (Å²) in [6.45, 7) is 0.694. The number of ether oxygens (including phenoxy) is 2. The molecule has 0 spiro atoms.